The van der Waals surface area contributed by atoms with Crippen LogP contribution in [0, 0.1) is 13.8 Å². The lowest BCUT2D eigenvalue weighted by Gasteiger charge is -2.06. The number of rotatable bonds is 9. The third kappa shape index (κ3) is 4.27. The van der Waals surface area contributed by atoms with Crippen LogP contribution < -0.4 is 5.32 Å². The zero-order chi connectivity index (χ0) is 13.4. The molecule has 18 heavy (non-hydrogen) atoms. The van der Waals surface area contributed by atoms with E-state index in [0.717, 1.165) is 44.8 Å². The van der Waals surface area contributed by atoms with Crippen LogP contribution in [0.4, 0.5) is 0 Å². The summed E-state index contributed by atoms with van der Waals surface area (Å²) in [7, 11) is 1.72. The molecule has 0 amide bonds. The highest BCUT2D eigenvalue weighted by molar-refractivity contribution is 5.24. The number of hydrogen-bond donors (Lipinski definition) is 1. The van der Waals surface area contributed by atoms with Crippen LogP contribution in [0.5, 0.6) is 0 Å². The molecule has 0 saturated carbocycles. The third-order valence-corrected chi connectivity index (χ3v) is 3.09. The van der Waals surface area contributed by atoms with E-state index in [9.17, 15) is 0 Å². The van der Waals surface area contributed by atoms with Gasteiger partial charge in [0.05, 0.1) is 12.3 Å². The van der Waals surface area contributed by atoms with Gasteiger partial charge in [-0.15, -0.1) is 6.58 Å². The van der Waals surface area contributed by atoms with Crippen LogP contribution >= 0.6 is 0 Å². The fourth-order valence-corrected chi connectivity index (χ4v) is 1.98. The maximum atomic E-state index is 5.02. The standard InChI is InChI=1S/C14H25N3O/c1-5-6-7-9-17-13(3)14(12(2)16-17)11-15-8-10-18-4/h5,15H,1,6-11H2,2-4H3. The van der Waals surface area contributed by atoms with Gasteiger partial charge in [0.15, 0.2) is 0 Å². The van der Waals surface area contributed by atoms with E-state index in [4.69, 9.17) is 4.74 Å². The summed E-state index contributed by atoms with van der Waals surface area (Å²) >= 11 is 0. The van der Waals surface area contributed by atoms with E-state index >= 15 is 0 Å². The van der Waals surface area contributed by atoms with Gasteiger partial charge in [-0.05, 0) is 26.7 Å². The molecule has 0 unspecified atom stereocenters. The highest BCUT2D eigenvalue weighted by Gasteiger charge is 2.10. The SMILES string of the molecule is C=CCCCn1nc(C)c(CNCCOC)c1C. The van der Waals surface area contributed by atoms with Crippen molar-refractivity contribution < 1.29 is 4.74 Å². The normalized spacial score (nSPS) is 10.8. The highest BCUT2D eigenvalue weighted by atomic mass is 16.5. The summed E-state index contributed by atoms with van der Waals surface area (Å²) in [5.41, 5.74) is 3.70. The van der Waals surface area contributed by atoms with Crippen molar-refractivity contribution in [3.05, 3.63) is 29.6 Å². The molecule has 0 aromatic carbocycles. The number of nitrogens with zero attached hydrogens (tertiary/aromatic N) is 2. The molecular formula is C14H25N3O. The number of ether oxygens (including phenoxy) is 1. The van der Waals surface area contributed by atoms with Crippen molar-refractivity contribution in [1.82, 2.24) is 15.1 Å². The van der Waals surface area contributed by atoms with Crippen LogP contribution in [0.1, 0.15) is 29.8 Å². The van der Waals surface area contributed by atoms with Crippen LogP contribution in [0.3, 0.4) is 0 Å². The summed E-state index contributed by atoms with van der Waals surface area (Å²) in [5, 5.41) is 7.96. The first-order valence-electron chi connectivity index (χ1n) is 6.54. The van der Waals surface area contributed by atoms with E-state index in [1.54, 1.807) is 7.11 Å². The largest absolute Gasteiger partial charge is 0.383 e. The average Bonchev–Trinajstić information content (AvgIpc) is 2.62. The lowest BCUT2D eigenvalue weighted by Crippen LogP contribution is -2.19. The maximum Gasteiger partial charge on any atom is 0.0641 e. The van der Waals surface area contributed by atoms with Gasteiger partial charge in [-0.3, -0.25) is 4.68 Å². The number of unbranched alkanes of at least 4 members (excludes halogenated alkanes) is 1. The first kappa shape index (κ1) is 14.9. The number of aromatic nitrogens is 2. The van der Waals surface area contributed by atoms with Gasteiger partial charge in [0.2, 0.25) is 0 Å². The van der Waals surface area contributed by atoms with Crippen LogP contribution in [-0.4, -0.2) is 30.0 Å². The number of allylic oxidation sites excluding steroid dienone is 1. The minimum atomic E-state index is 0.742. The second-order valence-electron chi connectivity index (χ2n) is 4.47. The fraction of sp³-hybridized carbons (Fsp3) is 0.643. The van der Waals surface area contributed by atoms with Gasteiger partial charge < -0.3 is 10.1 Å². The molecule has 4 heteroatoms. The summed E-state index contributed by atoms with van der Waals surface area (Å²) in [5.74, 6) is 0. The third-order valence-electron chi connectivity index (χ3n) is 3.09. The van der Waals surface area contributed by atoms with E-state index in [2.05, 4.69) is 35.5 Å². The fourth-order valence-electron chi connectivity index (χ4n) is 1.98. The molecule has 0 aliphatic carbocycles. The molecule has 4 nitrogen and oxygen atoms in total. The molecule has 1 N–H and O–H groups in total. The Labute approximate surface area is 110 Å². The van der Waals surface area contributed by atoms with Crippen LogP contribution in [-0.2, 0) is 17.8 Å². The minimum Gasteiger partial charge on any atom is -0.383 e. The quantitative estimate of drug-likeness (QED) is 0.540. The van der Waals surface area contributed by atoms with E-state index < -0.39 is 0 Å². The molecule has 1 heterocycles. The summed E-state index contributed by atoms with van der Waals surface area (Å²) < 4.78 is 7.12. The van der Waals surface area contributed by atoms with E-state index in [1.165, 1.54) is 11.3 Å². The Morgan fingerprint density at radius 2 is 2.22 bits per heavy atom. The van der Waals surface area contributed by atoms with Crippen molar-refractivity contribution in [3.8, 4) is 0 Å². The molecule has 0 atom stereocenters. The molecule has 102 valence electrons. The molecule has 1 aromatic rings. The Hall–Kier alpha value is -1.13. The topological polar surface area (TPSA) is 39.1 Å². The van der Waals surface area contributed by atoms with Crippen molar-refractivity contribution in [1.29, 1.82) is 0 Å². The van der Waals surface area contributed by atoms with Crippen molar-refractivity contribution in [2.75, 3.05) is 20.3 Å². The average molecular weight is 251 g/mol. The monoisotopic (exact) mass is 251 g/mol. The van der Waals surface area contributed by atoms with Gasteiger partial charge in [-0.1, -0.05) is 6.08 Å². The van der Waals surface area contributed by atoms with Crippen LogP contribution in [0.15, 0.2) is 12.7 Å². The van der Waals surface area contributed by atoms with Gasteiger partial charge in [-0.25, -0.2) is 0 Å². The van der Waals surface area contributed by atoms with E-state index in [-0.39, 0.29) is 0 Å². The summed E-state index contributed by atoms with van der Waals surface area (Å²) in [4.78, 5) is 0. The first-order chi connectivity index (χ1) is 8.70. The van der Waals surface area contributed by atoms with Gasteiger partial charge in [0.25, 0.3) is 0 Å². The smallest absolute Gasteiger partial charge is 0.0641 e. The highest BCUT2D eigenvalue weighted by Crippen LogP contribution is 2.13. The lowest BCUT2D eigenvalue weighted by atomic mass is 10.2. The molecule has 0 radical (unpaired) electrons. The number of methoxy groups -OCH3 is 1. The molecule has 0 aliphatic heterocycles. The molecule has 0 aliphatic rings. The van der Waals surface area contributed by atoms with Gasteiger partial charge >= 0.3 is 0 Å². The van der Waals surface area contributed by atoms with Crippen molar-refractivity contribution in [3.63, 3.8) is 0 Å². The Kier molecular flexibility index (Phi) is 6.68. The Bertz CT molecular complexity index is 371. The second kappa shape index (κ2) is 8.06. The number of aryl methyl sites for hydroxylation is 2. The van der Waals surface area contributed by atoms with Gasteiger partial charge in [0.1, 0.15) is 0 Å². The predicted molar refractivity (Wildman–Crippen MR) is 74.7 cm³/mol. The molecular weight excluding hydrogens is 226 g/mol. The lowest BCUT2D eigenvalue weighted by molar-refractivity contribution is 0.199. The van der Waals surface area contributed by atoms with E-state index in [1.807, 2.05) is 6.08 Å². The second-order valence-corrected chi connectivity index (χ2v) is 4.47. The first-order valence-corrected chi connectivity index (χ1v) is 6.54. The predicted octanol–water partition coefficient (Wildman–Crippen LogP) is 2.20. The summed E-state index contributed by atoms with van der Waals surface area (Å²) in [6.45, 7) is 11.4. The van der Waals surface area contributed by atoms with Gasteiger partial charge in [-0.2, -0.15) is 5.10 Å². The van der Waals surface area contributed by atoms with Crippen molar-refractivity contribution in [2.45, 2.75) is 39.8 Å². The summed E-state index contributed by atoms with van der Waals surface area (Å²) in [6, 6.07) is 0. The molecule has 1 rings (SSSR count). The molecule has 0 bridgehead atoms. The zero-order valence-electron chi connectivity index (χ0n) is 11.8. The zero-order valence-corrected chi connectivity index (χ0v) is 11.8. The van der Waals surface area contributed by atoms with E-state index in [0.29, 0.717) is 0 Å². The minimum absolute atomic E-state index is 0.742. The van der Waals surface area contributed by atoms with Crippen molar-refractivity contribution >= 4 is 0 Å². The van der Waals surface area contributed by atoms with Crippen LogP contribution in [0.25, 0.3) is 0 Å². The maximum absolute atomic E-state index is 5.02. The van der Waals surface area contributed by atoms with Crippen molar-refractivity contribution in [2.24, 2.45) is 0 Å². The Balaban J connectivity index is 2.54. The number of hydrogen-bond acceptors (Lipinski definition) is 3. The Morgan fingerprint density at radius 1 is 1.44 bits per heavy atom. The molecule has 0 spiro atoms. The Morgan fingerprint density at radius 3 is 2.89 bits per heavy atom. The molecule has 1 aromatic heterocycles. The van der Waals surface area contributed by atoms with Crippen LogP contribution in [0.2, 0.25) is 0 Å². The molecule has 0 fully saturated rings. The number of nitrogens with one attached hydrogen (secondary N) is 1. The summed E-state index contributed by atoms with van der Waals surface area (Å²) in [6.07, 6.45) is 4.10. The molecule has 0 saturated heterocycles. The van der Waals surface area contributed by atoms with Gasteiger partial charge in [0, 0.05) is 38.0 Å².